The van der Waals surface area contributed by atoms with Crippen LogP contribution in [-0.2, 0) is 5.75 Å². The molecular formula is C8H7F2S. The monoisotopic (exact) mass is 173 g/mol. The molecule has 0 bridgehead atoms. The first kappa shape index (κ1) is 8.53. The molecular weight excluding hydrogens is 166 g/mol. The van der Waals surface area contributed by atoms with Gasteiger partial charge in [-0.1, -0.05) is 30.8 Å². The van der Waals surface area contributed by atoms with E-state index in [0.717, 1.165) is 5.56 Å². The quantitative estimate of drug-likeness (QED) is 0.643. The minimum atomic E-state index is -2.39. The summed E-state index contributed by atoms with van der Waals surface area (Å²) in [6, 6.07) is 6.19. The third-order valence-corrected chi connectivity index (χ3v) is 1.70. The standard InChI is InChI=1S/C8H7F2S/c9-8(10)7-3-1-2-6(4-7)5-11/h1-4,8H,5H2. The summed E-state index contributed by atoms with van der Waals surface area (Å²) >= 11 is 4.72. The van der Waals surface area contributed by atoms with Gasteiger partial charge in [0.1, 0.15) is 0 Å². The Kier molecular flexibility index (Phi) is 2.88. The summed E-state index contributed by atoms with van der Waals surface area (Å²) in [5, 5.41) is 0. The maximum absolute atomic E-state index is 12.0. The van der Waals surface area contributed by atoms with E-state index in [9.17, 15) is 8.78 Å². The van der Waals surface area contributed by atoms with Crippen LogP contribution in [0.3, 0.4) is 0 Å². The summed E-state index contributed by atoms with van der Waals surface area (Å²) in [5.41, 5.74) is 0.824. The van der Waals surface area contributed by atoms with Gasteiger partial charge in [0.2, 0.25) is 0 Å². The van der Waals surface area contributed by atoms with Crippen molar-refractivity contribution in [1.82, 2.24) is 0 Å². The third kappa shape index (κ3) is 2.19. The Bertz CT molecular complexity index is 235. The Balaban J connectivity index is 2.91. The van der Waals surface area contributed by atoms with Gasteiger partial charge >= 0.3 is 0 Å². The van der Waals surface area contributed by atoms with Crippen molar-refractivity contribution in [2.45, 2.75) is 12.2 Å². The van der Waals surface area contributed by atoms with Gasteiger partial charge in [0.15, 0.2) is 0 Å². The molecule has 0 saturated heterocycles. The minimum Gasteiger partial charge on any atom is -0.205 e. The van der Waals surface area contributed by atoms with E-state index in [0.29, 0.717) is 5.75 Å². The molecule has 11 heavy (non-hydrogen) atoms. The average molecular weight is 173 g/mol. The third-order valence-electron chi connectivity index (χ3n) is 1.37. The molecule has 0 N–H and O–H groups in total. The molecule has 1 aromatic rings. The lowest BCUT2D eigenvalue weighted by molar-refractivity contribution is 0.151. The topological polar surface area (TPSA) is 0 Å². The van der Waals surface area contributed by atoms with Crippen molar-refractivity contribution < 1.29 is 8.78 Å². The molecule has 0 aromatic heterocycles. The molecule has 0 spiro atoms. The first-order valence-corrected chi connectivity index (χ1v) is 3.77. The second-order valence-corrected chi connectivity index (χ2v) is 2.48. The van der Waals surface area contributed by atoms with E-state index in [1.54, 1.807) is 12.1 Å². The predicted octanol–water partition coefficient (Wildman–Crippen LogP) is 3.32. The van der Waals surface area contributed by atoms with Gasteiger partial charge in [-0.3, -0.25) is 0 Å². The average Bonchev–Trinajstić information content (AvgIpc) is 2.05. The molecule has 1 rings (SSSR count). The molecule has 1 aromatic carbocycles. The molecule has 0 aliphatic heterocycles. The SMILES string of the molecule is FC(F)c1cccc(C[S])c1. The highest BCUT2D eigenvalue weighted by molar-refractivity contribution is 7.79. The zero-order valence-electron chi connectivity index (χ0n) is 5.76. The Hall–Kier alpha value is -0.570. The largest absolute Gasteiger partial charge is 0.263 e. The Morgan fingerprint density at radius 1 is 1.36 bits per heavy atom. The summed E-state index contributed by atoms with van der Waals surface area (Å²) in [5.74, 6) is 0.389. The van der Waals surface area contributed by atoms with Gasteiger partial charge in [-0.05, 0) is 11.6 Å². The molecule has 0 unspecified atom stereocenters. The predicted molar refractivity (Wildman–Crippen MR) is 42.7 cm³/mol. The van der Waals surface area contributed by atoms with Gasteiger partial charge in [0, 0.05) is 11.3 Å². The van der Waals surface area contributed by atoms with Crippen molar-refractivity contribution in [1.29, 1.82) is 0 Å². The van der Waals surface area contributed by atoms with E-state index in [4.69, 9.17) is 12.6 Å². The van der Waals surface area contributed by atoms with Gasteiger partial charge in [-0.2, -0.15) is 0 Å². The van der Waals surface area contributed by atoms with Crippen molar-refractivity contribution in [3.05, 3.63) is 35.4 Å². The van der Waals surface area contributed by atoms with E-state index in [2.05, 4.69) is 0 Å². The Labute approximate surface area is 69.6 Å². The smallest absolute Gasteiger partial charge is 0.205 e. The molecule has 0 atom stereocenters. The van der Waals surface area contributed by atoms with Crippen LogP contribution in [0.15, 0.2) is 24.3 Å². The van der Waals surface area contributed by atoms with Crippen LogP contribution in [0.5, 0.6) is 0 Å². The van der Waals surface area contributed by atoms with Gasteiger partial charge in [-0.15, -0.1) is 0 Å². The van der Waals surface area contributed by atoms with Crippen LogP contribution in [0, 0.1) is 0 Å². The maximum atomic E-state index is 12.0. The maximum Gasteiger partial charge on any atom is 0.263 e. The van der Waals surface area contributed by atoms with Crippen LogP contribution < -0.4 is 0 Å². The first-order chi connectivity index (χ1) is 5.24. The van der Waals surface area contributed by atoms with Crippen molar-refractivity contribution in [3.8, 4) is 0 Å². The number of halogens is 2. The molecule has 1 radical (unpaired) electrons. The summed E-state index contributed by atoms with van der Waals surface area (Å²) < 4.78 is 24.1. The highest BCUT2D eigenvalue weighted by atomic mass is 32.1. The fourth-order valence-electron chi connectivity index (χ4n) is 0.819. The molecule has 0 fully saturated rings. The van der Waals surface area contributed by atoms with E-state index in [-0.39, 0.29) is 5.56 Å². The van der Waals surface area contributed by atoms with E-state index in [1.165, 1.54) is 12.1 Å². The normalized spacial score (nSPS) is 10.5. The molecule has 3 heteroatoms. The molecule has 0 aliphatic carbocycles. The van der Waals surface area contributed by atoms with Crippen molar-refractivity contribution in [3.63, 3.8) is 0 Å². The highest BCUT2D eigenvalue weighted by Gasteiger charge is 2.05. The lowest BCUT2D eigenvalue weighted by Gasteiger charge is -2.00. The van der Waals surface area contributed by atoms with Crippen molar-refractivity contribution in [2.75, 3.05) is 0 Å². The Morgan fingerprint density at radius 2 is 2.09 bits per heavy atom. The summed E-state index contributed by atoms with van der Waals surface area (Å²) in [7, 11) is 0. The van der Waals surface area contributed by atoms with E-state index >= 15 is 0 Å². The molecule has 0 heterocycles. The first-order valence-electron chi connectivity index (χ1n) is 3.19. The van der Waals surface area contributed by atoms with Gasteiger partial charge < -0.3 is 0 Å². The van der Waals surface area contributed by atoms with Gasteiger partial charge in [0.05, 0.1) is 0 Å². The van der Waals surface area contributed by atoms with Crippen LogP contribution in [0.2, 0.25) is 0 Å². The fraction of sp³-hybridized carbons (Fsp3) is 0.250. The second kappa shape index (κ2) is 3.72. The number of rotatable bonds is 2. The number of hydrogen-bond donors (Lipinski definition) is 0. The molecule has 0 amide bonds. The van der Waals surface area contributed by atoms with E-state index < -0.39 is 6.43 Å². The number of benzene rings is 1. The van der Waals surface area contributed by atoms with Crippen LogP contribution in [-0.4, -0.2) is 0 Å². The van der Waals surface area contributed by atoms with Crippen molar-refractivity contribution >= 4 is 12.6 Å². The second-order valence-electron chi connectivity index (χ2n) is 2.19. The molecule has 0 aliphatic rings. The number of alkyl halides is 2. The van der Waals surface area contributed by atoms with Crippen LogP contribution in [0.1, 0.15) is 17.6 Å². The summed E-state index contributed by atoms with van der Waals surface area (Å²) in [4.78, 5) is 0. The van der Waals surface area contributed by atoms with Crippen LogP contribution in [0.4, 0.5) is 8.78 Å². The fourth-order valence-corrected chi connectivity index (χ4v) is 0.998. The van der Waals surface area contributed by atoms with Crippen LogP contribution in [0.25, 0.3) is 0 Å². The van der Waals surface area contributed by atoms with Crippen LogP contribution >= 0.6 is 12.6 Å². The molecule has 59 valence electrons. The highest BCUT2D eigenvalue weighted by Crippen LogP contribution is 2.19. The van der Waals surface area contributed by atoms with Gasteiger partial charge in [0.25, 0.3) is 6.43 Å². The minimum absolute atomic E-state index is 0.0485. The van der Waals surface area contributed by atoms with Gasteiger partial charge in [-0.25, -0.2) is 8.78 Å². The van der Waals surface area contributed by atoms with Crippen molar-refractivity contribution in [2.24, 2.45) is 0 Å². The van der Waals surface area contributed by atoms with E-state index in [1.807, 2.05) is 0 Å². The number of hydrogen-bond acceptors (Lipinski definition) is 0. The summed E-state index contributed by atoms with van der Waals surface area (Å²) in [6.07, 6.45) is -2.39. The summed E-state index contributed by atoms with van der Waals surface area (Å²) in [6.45, 7) is 0. The zero-order chi connectivity index (χ0) is 8.27. The molecule has 0 saturated carbocycles. The zero-order valence-corrected chi connectivity index (χ0v) is 6.57. The lowest BCUT2D eigenvalue weighted by atomic mass is 10.1. The molecule has 0 nitrogen and oxygen atoms in total. The Morgan fingerprint density at radius 3 is 2.64 bits per heavy atom. The lowest BCUT2D eigenvalue weighted by Crippen LogP contribution is -1.85.